The maximum absolute atomic E-state index is 11.9. The molecule has 3 heterocycles. The third-order valence-corrected chi connectivity index (χ3v) is 6.68. The summed E-state index contributed by atoms with van der Waals surface area (Å²) in [5.74, 6) is -0.283. The van der Waals surface area contributed by atoms with Gasteiger partial charge in [-0.1, -0.05) is 0 Å². The zero-order valence-corrected chi connectivity index (χ0v) is 15.0. The number of carbonyl (C=O) groups excluding carboxylic acids is 1. The Morgan fingerprint density at radius 3 is 2.64 bits per heavy atom. The van der Waals surface area contributed by atoms with E-state index in [1.165, 1.54) is 26.7 Å². The highest BCUT2D eigenvalue weighted by Gasteiger charge is 2.18. The first-order valence-corrected chi connectivity index (χ1v) is 9.40. The number of hydrogen-bond acceptors (Lipinski definition) is 6. The number of rotatable bonds is 4. The lowest BCUT2D eigenvalue weighted by Gasteiger charge is -1.97. The normalized spacial score (nSPS) is 10.9. The number of esters is 1. The molecule has 0 saturated carbocycles. The van der Waals surface area contributed by atoms with Crippen molar-refractivity contribution in [3.63, 3.8) is 0 Å². The van der Waals surface area contributed by atoms with Crippen LogP contribution in [0.2, 0.25) is 0 Å². The van der Waals surface area contributed by atoms with Crippen LogP contribution in [-0.2, 0) is 4.74 Å². The quantitative estimate of drug-likeness (QED) is 0.593. The molecule has 0 fully saturated rings. The summed E-state index contributed by atoms with van der Waals surface area (Å²) < 4.78 is 5.07. The summed E-state index contributed by atoms with van der Waals surface area (Å²) in [5.41, 5.74) is 2.02. The minimum Gasteiger partial charge on any atom is -0.462 e. The third kappa shape index (κ3) is 2.99. The highest BCUT2D eigenvalue weighted by atomic mass is 32.1. The van der Waals surface area contributed by atoms with E-state index in [-0.39, 0.29) is 5.97 Å². The summed E-state index contributed by atoms with van der Waals surface area (Å²) in [4.78, 5) is 20.6. The average Bonchev–Trinajstić information content (AvgIpc) is 3.17. The van der Waals surface area contributed by atoms with Gasteiger partial charge in [-0.05, 0) is 49.9 Å². The summed E-state index contributed by atoms with van der Waals surface area (Å²) in [6, 6.07) is 6.38. The zero-order valence-electron chi connectivity index (χ0n) is 12.5. The monoisotopic (exact) mass is 349 g/mol. The Balaban J connectivity index is 1.91. The van der Waals surface area contributed by atoms with E-state index >= 15 is 0 Å². The van der Waals surface area contributed by atoms with Gasteiger partial charge in [-0.25, -0.2) is 9.78 Å². The van der Waals surface area contributed by atoms with E-state index in [9.17, 15) is 4.79 Å². The van der Waals surface area contributed by atoms with Gasteiger partial charge in [-0.2, -0.15) is 0 Å². The van der Waals surface area contributed by atoms with Gasteiger partial charge in [0.05, 0.1) is 17.2 Å². The number of thiophene rings is 2. The van der Waals surface area contributed by atoms with Crippen molar-refractivity contribution in [2.75, 3.05) is 6.61 Å². The van der Waals surface area contributed by atoms with E-state index in [2.05, 4.69) is 35.5 Å². The van der Waals surface area contributed by atoms with E-state index < -0.39 is 0 Å². The second-order valence-electron chi connectivity index (χ2n) is 4.81. The van der Waals surface area contributed by atoms with Gasteiger partial charge >= 0.3 is 5.97 Å². The van der Waals surface area contributed by atoms with Crippen LogP contribution >= 0.6 is 34.0 Å². The number of carbonyl (C=O) groups is 1. The maximum atomic E-state index is 11.9. The molecule has 0 aliphatic carbocycles. The van der Waals surface area contributed by atoms with E-state index in [4.69, 9.17) is 4.74 Å². The number of ether oxygens (including phenoxy) is 1. The SMILES string of the molecule is CCOC(=O)c1sc(-c2ccc(-c3cc(C)cs3)s2)nc1C. The molecular formula is C16H15NO2S3. The lowest BCUT2D eigenvalue weighted by atomic mass is 10.3. The molecule has 0 aliphatic rings. The molecule has 0 aliphatic heterocycles. The Bertz CT molecular complexity index is 813. The van der Waals surface area contributed by atoms with E-state index in [0.717, 1.165) is 15.6 Å². The van der Waals surface area contributed by atoms with Crippen molar-refractivity contribution in [3.05, 3.63) is 39.7 Å². The standard InChI is InChI=1S/C16H15NO2S3/c1-4-19-16(18)14-10(3)17-15(22-14)12-6-5-11(21-12)13-7-9(2)8-20-13/h5-8H,4H2,1-3H3. The summed E-state index contributed by atoms with van der Waals surface area (Å²) in [5, 5.41) is 3.03. The van der Waals surface area contributed by atoms with Crippen molar-refractivity contribution in [2.45, 2.75) is 20.8 Å². The summed E-state index contributed by atoms with van der Waals surface area (Å²) in [6.07, 6.45) is 0. The van der Waals surface area contributed by atoms with Gasteiger partial charge in [-0.15, -0.1) is 34.0 Å². The fourth-order valence-corrected chi connectivity index (χ4v) is 5.05. The molecule has 0 atom stereocenters. The predicted molar refractivity (Wildman–Crippen MR) is 94.2 cm³/mol. The first-order chi connectivity index (χ1) is 10.6. The first kappa shape index (κ1) is 15.4. The molecule has 114 valence electrons. The first-order valence-electron chi connectivity index (χ1n) is 6.88. The van der Waals surface area contributed by atoms with Crippen molar-refractivity contribution < 1.29 is 9.53 Å². The smallest absolute Gasteiger partial charge is 0.350 e. The van der Waals surface area contributed by atoms with Crippen molar-refractivity contribution in [1.82, 2.24) is 4.98 Å². The van der Waals surface area contributed by atoms with E-state index in [1.807, 2.05) is 13.8 Å². The van der Waals surface area contributed by atoms with E-state index in [0.29, 0.717) is 11.5 Å². The van der Waals surface area contributed by atoms with Crippen LogP contribution in [0.3, 0.4) is 0 Å². The molecule has 3 aromatic heterocycles. The number of aryl methyl sites for hydroxylation is 2. The molecule has 0 amide bonds. The van der Waals surface area contributed by atoms with Gasteiger partial charge in [0.25, 0.3) is 0 Å². The van der Waals surface area contributed by atoms with Crippen molar-refractivity contribution in [1.29, 1.82) is 0 Å². The maximum Gasteiger partial charge on any atom is 0.350 e. The molecule has 6 heteroatoms. The lowest BCUT2D eigenvalue weighted by molar-refractivity contribution is 0.0531. The highest BCUT2D eigenvalue weighted by molar-refractivity contribution is 7.26. The van der Waals surface area contributed by atoms with Crippen LogP contribution in [0, 0.1) is 13.8 Å². The largest absolute Gasteiger partial charge is 0.462 e. The molecule has 0 spiro atoms. The molecule has 0 saturated heterocycles. The van der Waals surface area contributed by atoms with Crippen LogP contribution in [0.25, 0.3) is 19.6 Å². The third-order valence-electron chi connectivity index (χ3n) is 3.05. The Labute approximate surface area is 141 Å². The Kier molecular flexibility index (Phi) is 4.42. The lowest BCUT2D eigenvalue weighted by Crippen LogP contribution is -2.03. The molecule has 3 aromatic rings. The molecule has 0 radical (unpaired) electrons. The fourth-order valence-electron chi connectivity index (χ4n) is 2.03. The van der Waals surface area contributed by atoms with Crippen LogP contribution in [0.15, 0.2) is 23.6 Å². The number of hydrogen-bond donors (Lipinski definition) is 0. The number of thiazole rings is 1. The zero-order chi connectivity index (χ0) is 15.7. The average molecular weight is 350 g/mol. The summed E-state index contributed by atoms with van der Waals surface area (Å²) in [6.45, 7) is 6.14. The second kappa shape index (κ2) is 6.32. The molecule has 3 rings (SSSR count). The van der Waals surface area contributed by atoms with Crippen LogP contribution in [0.4, 0.5) is 0 Å². The molecule has 0 unspecified atom stereocenters. The van der Waals surface area contributed by atoms with Crippen LogP contribution in [0.1, 0.15) is 27.9 Å². The van der Waals surface area contributed by atoms with Crippen molar-refractivity contribution in [2.24, 2.45) is 0 Å². The summed E-state index contributed by atoms with van der Waals surface area (Å²) >= 11 is 4.86. The Morgan fingerprint density at radius 2 is 1.95 bits per heavy atom. The van der Waals surface area contributed by atoms with Crippen LogP contribution < -0.4 is 0 Å². The van der Waals surface area contributed by atoms with E-state index in [1.54, 1.807) is 22.7 Å². The number of aromatic nitrogens is 1. The van der Waals surface area contributed by atoms with Gasteiger partial charge < -0.3 is 4.74 Å². The van der Waals surface area contributed by atoms with Gasteiger partial charge in [-0.3, -0.25) is 0 Å². The Hall–Kier alpha value is -1.50. The van der Waals surface area contributed by atoms with Crippen molar-refractivity contribution >= 4 is 40.0 Å². The highest BCUT2D eigenvalue weighted by Crippen LogP contribution is 2.39. The molecule has 22 heavy (non-hydrogen) atoms. The van der Waals surface area contributed by atoms with Crippen LogP contribution in [0.5, 0.6) is 0 Å². The van der Waals surface area contributed by atoms with Crippen molar-refractivity contribution in [3.8, 4) is 19.6 Å². The molecule has 0 N–H and O–H groups in total. The van der Waals surface area contributed by atoms with Crippen LogP contribution in [-0.4, -0.2) is 17.6 Å². The molecular weight excluding hydrogens is 334 g/mol. The number of nitrogens with zero attached hydrogens (tertiary/aromatic N) is 1. The van der Waals surface area contributed by atoms with Gasteiger partial charge in [0, 0.05) is 9.75 Å². The molecule has 3 nitrogen and oxygen atoms in total. The Morgan fingerprint density at radius 1 is 1.18 bits per heavy atom. The van der Waals surface area contributed by atoms with Gasteiger partial charge in [0.1, 0.15) is 9.88 Å². The molecule has 0 bridgehead atoms. The van der Waals surface area contributed by atoms with Gasteiger partial charge in [0.15, 0.2) is 0 Å². The second-order valence-corrected chi connectivity index (χ2v) is 7.80. The molecule has 0 aromatic carbocycles. The van der Waals surface area contributed by atoms with Gasteiger partial charge in [0.2, 0.25) is 0 Å². The fraction of sp³-hybridized carbons (Fsp3) is 0.250. The minimum atomic E-state index is -0.283. The predicted octanol–water partition coefficient (Wildman–Crippen LogP) is 5.39. The minimum absolute atomic E-state index is 0.283. The summed E-state index contributed by atoms with van der Waals surface area (Å²) in [7, 11) is 0. The topological polar surface area (TPSA) is 39.2 Å².